The smallest absolute Gasteiger partial charge is 0.316 e. The fourth-order valence-electron chi connectivity index (χ4n) is 2.32. The monoisotopic (exact) mass is 426 g/mol. The summed E-state index contributed by atoms with van der Waals surface area (Å²) >= 11 is 0.0487. The molecule has 0 aliphatic carbocycles. The molecule has 1 aromatic heterocycles. The lowest BCUT2D eigenvalue weighted by Gasteiger charge is -2.23. The summed E-state index contributed by atoms with van der Waals surface area (Å²) in [5.74, 6) is -12.1. The lowest BCUT2D eigenvalue weighted by molar-refractivity contribution is -0.255. The van der Waals surface area contributed by atoms with Gasteiger partial charge in [-0.3, -0.25) is 4.98 Å². The number of alkyl halides is 4. The summed E-state index contributed by atoms with van der Waals surface area (Å²) in [5.41, 5.74) is -1.61. The highest BCUT2D eigenvalue weighted by Gasteiger charge is 2.42. The Morgan fingerprint density at radius 3 is 2.36 bits per heavy atom. The maximum absolute atomic E-state index is 14.2. The van der Waals surface area contributed by atoms with Crippen molar-refractivity contribution in [1.82, 2.24) is 4.98 Å². The number of thioether (sulfide) groups is 1. The molecule has 0 saturated carbocycles. The quantitative estimate of drug-likeness (QED) is 0.498. The third-order valence-electron chi connectivity index (χ3n) is 3.75. The number of carbonyl (C=O) groups is 1. The molecule has 152 valence electrons. The highest BCUT2D eigenvalue weighted by Crippen LogP contribution is 2.43. The SMILES string of the molecule is Cc1cc(C(=O)[O-])ncc1C(SCC(F)(F)C(F)F)c1c(F)ccc(F)c1F. The second kappa shape index (κ2) is 8.38. The molecule has 0 aliphatic rings. The normalized spacial score (nSPS) is 13.0. The maximum Gasteiger partial charge on any atom is 0.316 e. The van der Waals surface area contributed by atoms with E-state index in [9.17, 15) is 40.6 Å². The van der Waals surface area contributed by atoms with E-state index in [-0.39, 0.29) is 22.9 Å². The molecule has 11 heteroatoms. The second-order valence-corrected chi connectivity index (χ2v) is 6.82. The predicted molar refractivity (Wildman–Crippen MR) is 84.9 cm³/mol. The van der Waals surface area contributed by atoms with Gasteiger partial charge in [-0.05, 0) is 36.2 Å². The summed E-state index contributed by atoms with van der Waals surface area (Å²) in [6, 6.07) is 2.00. The Balaban J connectivity index is 2.58. The number of aryl methyl sites for hydroxylation is 1. The number of hydrogen-bond donors (Lipinski definition) is 0. The third-order valence-corrected chi connectivity index (χ3v) is 5.12. The van der Waals surface area contributed by atoms with E-state index in [2.05, 4.69) is 4.98 Å². The molecule has 1 aromatic carbocycles. The van der Waals surface area contributed by atoms with E-state index in [1.165, 1.54) is 6.92 Å². The number of nitrogens with zero attached hydrogens (tertiary/aromatic N) is 1. The summed E-state index contributed by atoms with van der Waals surface area (Å²) in [6.45, 7) is 1.29. The van der Waals surface area contributed by atoms with Gasteiger partial charge in [-0.2, -0.15) is 8.78 Å². The lowest BCUT2D eigenvalue weighted by atomic mass is 10.00. The van der Waals surface area contributed by atoms with Crippen molar-refractivity contribution in [3.8, 4) is 0 Å². The number of pyridine rings is 1. The van der Waals surface area contributed by atoms with E-state index < -0.39 is 58.0 Å². The van der Waals surface area contributed by atoms with Gasteiger partial charge in [0.2, 0.25) is 0 Å². The molecule has 0 radical (unpaired) electrons. The first-order valence-electron chi connectivity index (χ1n) is 7.54. The number of rotatable bonds is 7. The number of benzene rings is 1. The first-order valence-corrected chi connectivity index (χ1v) is 8.59. The van der Waals surface area contributed by atoms with Crippen LogP contribution in [0.25, 0.3) is 0 Å². The van der Waals surface area contributed by atoms with Crippen LogP contribution in [0.5, 0.6) is 0 Å². The largest absolute Gasteiger partial charge is 0.543 e. The topological polar surface area (TPSA) is 53.0 Å². The Hall–Kier alpha value is -2.30. The molecule has 2 aromatic rings. The zero-order valence-corrected chi connectivity index (χ0v) is 14.8. The minimum atomic E-state index is -4.48. The molecule has 28 heavy (non-hydrogen) atoms. The van der Waals surface area contributed by atoms with Gasteiger partial charge < -0.3 is 9.90 Å². The van der Waals surface area contributed by atoms with E-state index in [1.54, 1.807) is 0 Å². The first-order chi connectivity index (χ1) is 13.0. The van der Waals surface area contributed by atoms with Crippen LogP contribution in [0.4, 0.5) is 30.7 Å². The van der Waals surface area contributed by atoms with Crippen LogP contribution in [0.1, 0.15) is 32.4 Å². The summed E-state index contributed by atoms with van der Waals surface area (Å²) in [5, 5.41) is 9.17. The van der Waals surface area contributed by atoms with Crippen molar-refractivity contribution in [2.24, 2.45) is 0 Å². The fraction of sp³-hybridized carbons (Fsp3) is 0.294. The molecule has 0 N–H and O–H groups in total. The minimum absolute atomic E-state index is 0.0487. The minimum Gasteiger partial charge on any atom is -0.543 e. The first kappa shape index (κ1) is 22.0. The van der Waals surface area contributed by atoms with E-state index in [4.69, 9.17) is 0 Å². The molecular formula is C17H11F7NO2S-. The van der Waals surface area contributed by atoms with Crippen LogP contribution >= 0.6 is 11.8 Å². The van der Waals surface area contributed by atoms with E-state index in [0.29, 0.717) is 12.1 Å². The van der Waals surface area contributed by atoms with Gasteiger partial charge in [-0.1, -0.05) is 0 Å². The standard InChI is InChI=1S/C17H12F7NO2S/c1-7-4-11(15(26)27)25-5-8(7)14(28-6-17(23,24)16(21)22)12-9(18)2-3-10(19)13(12)20/h2-5,14,16H,6H2,1H3,(H,26,27)/p-1. The molecule has 0 bridgehead atoms. The van der Waals surface area contributed by atoms with Crippen molar-refractivity contribution >= 4 is 17.7 Å². The van der Waals surface area contributed by atoms with Crippen LogP contribution in [0, 0.1) is 24.4 Å². The average molecular weight is 426 g/mol. The van der Waals surface area contributed by atoms with Crippen LogP contribution < -0.4 is 5.11 Å². The lowest BCUT2D eigenvalue weighted by Crippen LogP contribution is -2.30. The van der Waals surface area contributed by atoms with Crippen molar-refractivity contribution in [1.29, 1.82) is 0 Å². The molecule has 0 saturated heterocycles. The zero-order valence-electron chi connectivity index (χ0n) is 14.0. The third kappa shape index (κ3) is 4.57. The average Bonchev–Trinajstić information content (AvgIpc) is 2.61. The zero-order chi connectivity index (χ0) is 21.2. The van der Waals surface area contributed by atoms with Gasteiger partial charge in [0, 0.05) is 11.8 Å². The Morgan fingerprint density at radius 2 is 1.82 bits per heavy atom. The summed E-state index contributed by atoms with van der Waals surface area (Å²) in [6.07, 6.45) is -3.19. The predicted octanol–water partition coefficient (Wildman–Crippen LogP) is 3.89. The van der Waals surface area contributed by atoms with E-state index >= 15 is 0 Å². The van der Waals surface area contributed by atoms with Crippen molar-refractivity contribution in [3.63, 3.8) is 0 Å². The number of halogens is 7. The Bertz CT molecular complexity index is 892. The molecule has 0 amide bonds. The van der Waals surface area contributed by atoms with Crippen LogP contribution in [-0.4, -0.2) is 29.1 Å². The summed E-state index contributed by atoms with van der Waals surface area (Å²) < 4.78 is 93.6. The van der Waals surface area contributed by atoms with Crippen LogP contribution in [-0.2, 0) is 0 Å². The van der Waals surface area contributed by atoms with Crippen molar-refractivity contribution in [2.75, 3.05) is 5.75 Å². The van der Waals surface area contributed by atoms with Gasteiger partial charge in [0.05, 0.1) is 22.7 Å². The molecule has 3 nitrogen and oxygen atoms in total. The molecule has 1 atom stereocenters. The Labute approximate surface area is 158 Å². The molecule has 2 rings (SSSR count). The number of carboxylic acid groups (broad SMARTS) is 1. The van der Waals surface area contributed by atoms with Crippen LogP contribution in [0.15, 0.2) is 24.4 Å². The van der Waals surface area contributed by atoms with Gasteiger partial charge in [0.15, 0.2) is 11.6 Å². The van der Waals surface area contributed by atoms with Crippen molar-refractivity contribution in [3.05, 3.63) is 64.2 Å². The highest BCUT2D eigenvalue weighted by atomic mass is 32.2. The Kier molecular flexibility index (Phi) is 6.58. The van der Waals surface area contributed by atoms with E-state index in [1.807, 2.05) is 0 Å². The second-order valence-electron chi connectivity index (χ2n) is 5.72. The number of aromatic nitrogens is 1. The number of aromatic carboxylic acids is 1. The molecule has 0 fully saturated rings. The molecule has 0 spiro atoms. The molecular weight excluding hydrogens is 415 g/mol. The number of carboxylic acids is 1. The summed E-state index contributed by atoms with van der Waals surface area (Å²) in [7, 11) is 0. The van der Waals surface area contributed by atoms with Crippen molar-refractivity contribution in [2.45, 2.75) is 24.5 Å². The van der Waals surface area contributed by atoms with Crippen molar-refractivity contribution < 1.29 is 40.6 Å². The van der Waals surface area contributed by atoms with E-state index in [0.717, 1.165) is 12.3 Å². The molecule has 0 aliphatic heterocycles. The summed E-state index contributed by atoms with van der Waals surface area (Å²) in [4.78, 5) is 14.4. The van der Waals surface area contributed by atoms with Gasteiger partial charge in [0.25, 0.3) is 0 Å². The van der Waals surface area contributed by atoms with Crippen LogP contribution in [0.3, 0.4) is 0 Å². The van der Waals surface area contributed by atoms with Crippen LogP contribution in [0.2, 0.25) is 0 Å². The van der Waals surface area contributed by atoms with Gasteiger partial charge in [0.1, 0.15) is 5.82 Å². The molecule has 1 heterocycles. The number of carbonyl (C=O) groups excluding carboxylic acids is 1. The molecule has 1 unspecified atom stereocenters. The van der Waals surface area contributed by atoms with Gasteiger partial charge in [-0.25, -0.2) is 22.0 Å². The van der Waals surface area contributed by atoms with Gasteiger partial charge in [-0.15, -0.1) is 11.8 Å². The maximum atomic E-state index is 14.2. The highest BCUT2D eigenvalue weighted by molar-refractivity contribution is 7.99. The van der Waals surface area contributed by atoms with Gasteiger partial charge >= 0.3 is 12.3 Å². The Morgan fingerprint density at radius 1 is 1.21 bits per heavy atom. The fourth-order valence-corrected chi connectivity index (χ4v) is 3.65. The number of hydrogen-bond acceptors (Lipinski definition) is 4.